The van der Waals surface area contributed by atoms with Gasteiger partial charge in [0.05, 0.1) is 6.04 Å². The molecule has 2 rings (SSSR count). The van der Waals surface area contributed by atoms with E-state index in [0.29, 0.717) is 0 Å². The first-order valence-electron chi connectivity index (χ1n) is 6.08. The van der Waals surface area contributed by atoms with Gasteiger partial charge in [0.2, 0.25) is 5.91 Å². The highest BCUT2D eigenvalue weighted by molar-refractivity contribution is 5.82. The molecule has 7 heteroatoms. The molecule has 0 spiro atoms. The van der Waals surface area contributed by atoms with Crippen molar-refractivity contribution in [3.8, 4) is 0 Å². The summed E-state index contributed by atoms with van der Waals surface area (Å²) in [5.74, 6) is -0.109. The minimum absolute atomic E-state index is 0.0880. The lowest BCUT2D eigenvalue weighted by molar-refractivity contribution is -0.272. The van der Waals surface area contributed by atoms with Crippen molar-refractivity contribution < 1.29 is 23.1 Å². The van der Waals surface area contributed by atoms with Gasteiger partial charge >= 0.3 is 6.18 Å². The Labute approximate surface area is 103 Å². The number of carbonyl (C=O) groups is 1. The molecule has 18 heavy (non-hydrogen) atoms. The van der Waals surface area contributed by atoms with Crippen molar-refractivity contribution in [2.75, 3.05) is 13.1 Å². The molecule has 104 valence electrons. The Kier molecular flexibility index (Phi) is 3.31. The summed E-state index contributed by atoms with van der Waals surface area (Å²) in [6.45, 7) is -0.176. The van der Waals surface area contributed by atoms with Crippen molar-refractivity contribution in [1.82, 2.24) is 4.90 Å². The molecule has 1 saturated carbocycles. The van der Waals surface area contributed by atoms with Crippen LogP contribution in [0.5, 0.6) is 0 Å². The van der Waals surface area contributed by atoms with E-state index < -0.39 is 30.7 Å². The highest BCUT2D eigenvalue weighted by Gasteiger charge is 2.55. The van der Waals surface area contributed by atoms with Gasteiger partial charge in [-0.3, -0.25) is 4.79 Å². The van der Waals surface area contributed by atoms with Gasteiger partial charge < -0.3 is 15.7 Å². The number of piperidine rings is 1. The molecule has 1 aliphatic heterocycles. The third-order valence-corrected chi connectivity index (χ3v) is 3.84. The second-order valence-electron chi connectivity index (χ2n) is 5.22. The predicted octanol–water partition coefficient (Wildman–Crippen LogP) is 0.639. The quantitative estimate of drug-likeness (QED) is 0.770. The number of alkyl halides is 3. The van der Waals surface area contributed by atoms with E-state index in [4.69, 9.17) is 5.73 Å². The highest BCUT2D eigenvalue weighted by Crippen LogP contribution is 2.39. The summed E-state index contributed by atoms with van der Waals surface area (Å²) >= 11 is 0. The van der Waals surface area contributed by atoms with Gasteiger partial charge in [-0.1, -0.05) is 0 Å². The van der Waals surface area contributed by atoms with Crippen LogP contribution in [0.25, 0.3) is 0 Å². The third-order valence-electron chi connectivity index (χ3n) is 3.84. The molecule has 3 N–H and O–H groups in total. The van der Waals surface area contributed by atoms with E-state index in [1.165, 1.54) is 4.90 Å². The zero-order valence-corrected chi connectivity index (χ0v) is 9.91. The SMILES string of the molecule is N[C@@H](C(=O)N1CCC(O)(C(F)(F)F)CC1)C1CC1. The monoisotopic (exact) mass is 266 g/mol. The molecule has 2 fully saturated rings. The van der Waals surface area contributed by atoms with Crippen molar-refractivity contribution in [1.29, 1.82) is 0 Å². The first-order valence-corrected chi connectivity index (χ1v) is 6.08. The van der Waals surface area contributed by atoms with Gasteiger partial charge in [-0.05, 0) is 18.8 Å². The van der Waals surface area contributed by atoms with Gasteiger partial charge in [-0.2, -0.15) is 13.2 Å². The Hall–Kier alpha value is -0.820. The lowest BCUT2D eigenvalue weighted by Crippen LogP contribution is -2.56. The van der Waals surface area contributed by atoms with Crippen molar-refractivity contribution >= 4 is 5.91 Å². The van der Waals surface area contributed by atoms with E-state index in [1.54, 1.807) is 0 Å². The smallest absolute Gasteiger partial charge is 0.380 e. The number of likely N-dealkylation sites (tertiary alicyclic amines) is 1. The van der Waals surface area contributed by atoms with Gasteiger partial charge in [0.15, 0.2) is 5.60 Å². The van der Waals surface area contributed by atoms with Crippen LogP contribution in [0, 0.1) is 5.92 Å². The molecule has 2 aliphatic rings. The molecule has 0 aromatic rings. The first-order chi connectivity index (χ1) is 8.24. The number of amides is 1. The number of rotatable bonds is 2. The molecule has 0 aromatic carbocycles. The fourth-order valence-electron chi connectivity index (χ4n) is 2.25. The molecule has 1 heterocycles. The van der Waals surface area contributed by atoms with Gasteiger partial charge in [0.1, 0.15) is 0 Å². The summed E-state index contributed by atoms with van der Waals surface area (Å²) in [5, 5.41) is 9.47. The zero-order valence-electron chi connectivity index (χ0n) is 9.91. The van der Waals surface area contributed by atoms with Crippen LogP contribution in [0.1, 0.15) is 25.7 Å². The summed E-state index contributed by atoms with van der Waals surface area (Å²) in [6.07, 6.45) is -3.76. The van der Waals surface area contributed by atoms with Crippen LogP contribution in [0.15, 0.2) is 0 Å². The van der Waals surface area contributed by atoms with Crippen LogP contribution >= 0.6 is 0 Å². The largest absolute Gasteiger partial charge is 0.417 e. The summed E-state index contributed by atoms with van der Waals surface area (Å²) in [7, 11) is 0. The van der Waals surface area contributed by atoms with Crippen molar-refractivity contribution in [2.24, 2.45) is 11.7 Å². The molecule has 0 unspecified atom stereocenters. The van der Waals surface area contributed by atoms with Crippen molar-refractivity contribution in [3.63, 3.8) is 0 Å². The first kappa shape index (κ1) is 13.6. The average molecular weight is 266 g/mol. The van der Waals surface area contributed by atoms with Crippen LogP contribution in [0.2, 0.25) is 0 Å². The molecule has 1 amide bonds. The number of halogens is 3. The Morgan fingerprint density at radius 1 is 1.33 bits per heavy atom. The molecular formula is C11H17F3N2O2. The molecular weight excluding hydrogens is 249 g/mol. The van der Waals surface area contributed by atoms with Crippen LogP contribution < -0.4 is 5.73 Å². The number of nitrogens with two attached hydrogens (primary N) is 1. The number of hydrogen-bond acceptors (Lipinski definition) is 3. The fourth-order valence-corrected chi connectivity index (χ4v) is 2.25. The lowest BCUT2D eigenvalue weighted by atomic mass is 9.90. The standard InChI is InChI=1S/C11H17F3N2O2/c12-11(13,14)10(18)3-5-16(6-4-10)9(17)8(15)7-1-2-7/h7-8,18H,1-6,15H2/t8-/m1/s1. The van der Waals surface area contributed by atoms with Crippen LogP contribution in [-0.2, 0) is 4.79 Å². The molecule has 1 aliphatic carbocycles. The second kappa shape index (κ2) is 4.38. The minimum atomic E-state index is -4.64. The van der Waals surface area contributed by atoms with Gasteiger partial charge in [0, 0.05) is 25.9 Å². The Bertz CT molecular complexity index is 334. The number of carbonyl (C=O) groups excluding carboxylic acids is 1. The number of nitrogens with zero attached hydrogens (tertiary/aromatic N) is 1. The van der Waals surface area contributed by atoms with Gasteiger partial charge in [-0.15, -0.1) is 0 Å². The zero-order chi connectivity index (χ0) is 13.6. The van der Waals surface area contributed by atoms with Crippen molar-refractivity contribution in [2.45, 2.75) is 43.5 Å². The predicted molar refractivity (Wildman–Crippen MR) is 57.5 cm³/mol. The molecule has 0 bridgehead atoms. The van der Waals surface area contributed by atoms with Gasteiger partial charge in [-0.25, -0.2) is 0 Å². The summed E-state index contributed by atoms with van der Waals surface area (Å²) in [6, 6.07) is -0.595. The molecule has 4 nitrogen and oxygen atoms in total. The average Bonchev–Trinajstić information content (AvgIpc) is 3.10. The lowest BCUT2D eigenvalue weighted by Gasteiger charge is -2.39. The highest BCUT2D eigenvalue weighted by atomic mass is 19.4. The minimum Gasteiger partial charge on any atom is -0.380 e. The fraction of sp³-hybridized carbons (Fsp3) is 0.909. The van der Waals surface area contributed by atoms with E-state index >= 15 is 0 Å². The summed E-state index contributed by atoms with van der Waals surface area (Å²) < 4.78 is 37.7. The van der Waals surface area contributed by atoms with E-state index in [-0.39, 0.29) is 24.9 Å². The Morgan fingerprint density at radius 3 is 2.22 bits per heavy atom. The second-order valence-corrected chi connectivity index (χ2v) is 5.22. The van der Waals surface area contributed by atoms with E-state index in [0.717, 1.165) is 12.8 Å². The Balaban J connectivity index is 1.92. The number of aliphatic hydroxyl groups is 1. The van der Waals surface area contributed by atoms with E-state index in [9.17, 15) is 23.1 Å². The van der Waals surface area contributed by atoms with Crippen LogP contribution in [0.4, 0.5) is 13.2 Å². The maximum atomic E-state index is 12.6. The van der Waals surface area contributed by atoms with Crippen LogP contribution in [-0.4, -0.2) is 46.8 Å². The van der Waals surface area contributed by atoms with Gasteiger partial charge in [0.25, 0.3) is 0 Å². The molecule has 1 saturated heterocycles. The molecule has 0 radical (unpaired) electrons. The van der Waals surface area contributed by atoms with Crippen LogP contribution in [0.3, 0.4) is 0 Å². The summed E-state index contributed by atoms with van der Waals surface area (Å²) in [4.78, 5) is 13.2. The van der Waals surface area contributed by atoms with E-state index in [2.05, 4.69) is 0 Å². The maximum absolute atomic E-state index is 12.6. The number of hydrogen-bond donors (Lipinski definition) is 2. The topological polar surface area (TPSA) is 66.6 Å². The molecule has 1 atom stereocenters. The summed E-state index contributed by atoms with van der Waals surface area (Å²) in [5.41, 5.74) is 3.07. The maximum Gasteiger partial charge on any atom is 0.417 e. The van der Waals surface area contributed by atoms with E-state index in [1.807, 2.05) is 0 Å². The third kappa shape index (κ3) is 2.47. The normalized spacial score (nSPS) is 25.9. The molecule has 0 aromatic heterocycles. The van der Waals surface area contributed by atoms with Crippen molar-refractivity contribution in [3.05, 3.63) is 0 Å². The Morgan fingerprint density at radius 2 is 1.83 bits per heavy atom.